The van der Waals surface area contributed by atoms with Gasteiger partial charge in [-0.25, -0.2) is 4.98 Å². The molecule has 0 spiro atoms. The lowest BCUT2D eigenvalue weighted by Gasteiger charge is -2.37. The van der Waals surface area contributed by atoms with Gasteiger partial charge in [0.15, 0.2) is 0 Å². The molecule has 2 aromatic rings. The maximum atomic E-state index is 13.4. The maximum Gasteiger partial charge on any atom is 0.259 e. The first kappa shape index (κ1) is 23.5. The second-order valence-corrected chi connectivity index (χ2v) is 8.39. The van der Waals surface area contributed by atoms with E-state index in [0.717, 1.165) is 11.1 Å². The van der Waals surface area contributed by atoms with Crippen molar-refractivity contribution in [2.45, 2.75) is 32.9 Å². The Labute approximate surface area is 189 Å². The van der Waals surface area contributed by atoms with E-state index in [2.05, 4.69) is 4.98 Å². The molecular formula is C25H31N3O4. The van der Waals surface area contributed by atoms with E-state index in [1.807, 2.05) is 56.3 Å². The molecule has 1 aliphatic heterocycles. The molecule has 7 heteroatoms. The number of aromatic nitrogens is 1. The number of hydrogen-bond donors (Lipinski definition) is 1. The molecule has 0 bridgehead atoms. The van der Waals surface area contributed by atoms with Crippen LogP contribution in [0.15, 0.2) is 42.6 Å². The SMILES string of the molecule is CC(=O)N(C)C[C@@H]1Oc2ncc(/C=C/c3ccccc3)cc2C(=O)N([C@@H](C)CO)C[C@H]1C. The van der Waals surface area contributed by atoms with Gasteiger partial charge in [0.25, 0.3) is 5.91 Å². The summed E-state index contributed by atoms with van der Waals surface area (Å²) >= 11 is 0. The summed E-state index contributed by atoms with van der Waals surface area (Å²) in [5, 5.41) is 9.75. The molecule has 1 aliphatic rings. The Bertz CT molecular complexity index is 976. The highest BCUT2D eigenvalue weighted by Gasteiger charge is 2.34. The lowest BCUT2D eigenvalue weighted by molar-refractivity contribution is -0.129. The van der Waals surface area contributed by atoms with E-state index in [1.165, 1.54) is 6.92 Å². The van der Waals surface area contributed by atoms with E-state index in [0.29, 0.717) is 18.7 Å². The van der Waals surface area contributed by atoms with Gasteiger partial charge in [0.2, 0.25) is 11.8 Å². The lowest BCUT2D eigenvalue weighted by atomic mass is 9.99. The van der Waals surface area contributed by atoms with Crippen LogP contribution in [0.5, 0.6) is 5.88 Å². The van der Waals surface area contributed by atoms with Crippen molar-refractivity contribution in [3.8, 4) is 5.88 Å². The number of rotatable bonds is 6. The van der Waals surface area contributed by atoms with Gasteiger partial charge in [-0.1, -0.05) is 49.4 Å². The van der Waals surface area contributed by atoms with Crippen LogP contribution in [-0.4, -0.2) is 70.6 Å². The molecule has 1 aromatic carbocycles. The number of pyridine rings is 1. The zero-order valence-corrected chi connectivity index (χ0v) is 19.1. The number of benzene rings is 1. The molecule has 3 atom stereocenters. The van der Waals surface area contributed by atoms with E-state index in [4.69, 9.17) is 4.74 Å². The minimum atomic E-state index is -0.356. The van der Waals surface area contributed by atoms with E-state index < -0.39 is 0 Å². The van der Waals surface area contributed by atoms with Gasteiger partial charge in [-0.2, -0.15) is 0 Å². The number of ether oxygens (including phenoxy) is 1. The summed E-state index contributed by atoms with van der Waals surface area (Å²) < 4.78 is 6.18. The minimum absolute atomic E-state index is 0.0610. The van der Waals surface area contributed by atoms with Gasteiger partial charge in [0.05, 0.1) is 19.2 Å². The molecule has 0 unspecified atom stereocenters. The van der Waals surface area contributed by atoms with Crippen LogP contribution in [0.3, 0.4) is 0 Å². The highest BCUT2D eigenvalue weighted by molar-refractivity contribution is 5.97. The molecule has 0 saturated carbocycles. The number of hydrogen-bond acceptors (Lipinski definition) is 5. The second kappa shape index (κ2) is 10.4. The van der Waals surface area contributed by atoms with Crippen LogP contribution < -0.4 is 4.74 Å². The Kier molecular flexibility index (Phi) is 7.64. The van der Waals surface area contributed by atoms with Crippen LogP contribution >= 0.6 is 0 Å². The number of nitrogens with zero attached hydrogens (tertiary/aromatic N) is 3. The fourth-order valence-electron chi connectivity index (χ4n) is 3.58. The highest BCUT2D eigenvalue weighted by atomic mass is 16.5. The Morgan fingerprint density at radius 1 is 1.31 bits per heavy atom. The van der Waals surface area contributed by atoms with Gasteiger partial charge in [-0.05, 0) is 24.1 Å². The number of carbonyl (C=O) groups is 2. The zero-order chi connectivity index (χ0) is 23.3. The summed E-state index contributed by atoms with van der Waals surface area (Å²) in [5.74, 6) is -0.110. The summed E-state index contributed by atoms with van der Waals surface area (Å²) in [7, 11) is 1.72. The molecule has 0 aliphatic carbocycles. The molecule has 7 nitrogen and oxygen atoms in total. The standard InChI is InChI=1S/C25H31N3O4/c1-17-14-28(18(2)16-29)25(31)22-12-21(11-10-20-8-6-5-7-9-20)13-26-24(22)32-23(17)15-27(4)19(3)30/h5-13,17-18,23,29H,14-16H2,1-4H3/b11-10+/t17-,18+,23+/m1/s1. The number of likely N-dealkylation sites (N-methyl/N-ethyl adjacent to an activating group) is 1. The fraction of sp³-hybridized carbons (Fsp3) is 0.400. The Balaban J connectivity index is 1.98. The van der Waals surface area contributed by atoms with Gasteiger partial charge in [0.1, 0.15) is 11.7 Å². The van der Waals surface area contributed by atoms with Crippen molar-refractivity contribution < 1.29 is 19.4 Å². The summed E-state index contributed by atoms with van der Waals surface area (Å²) in [4.78, 5) is 32.9. The Hall–Kier alpha value is -3.19. The molecular weight excluding hydrogens is 406 g/mol. The predicted molar refractivity (Wildman–Crippen MR) is 124 cm³/mol. The molecule has 1 aromatic heterocycles. The third kappa shape index (κ3) is 5.53. The highest BCUT2D eigenvalue weighted by Crippen LogP contribution is 2.28. The van der Waals surface area contributed by atoms with Crippen LogP contribution in [0.4, 0.5) is 0 Å². The van der Waals surface area contributed by atoms with Crippen LogP contribution in [-0.2, 0) is 4.79 Å². The molecule has 0 radical (unpaired) electrons. The maximum absolute atomic E-state index is 13.4. The van der Waals surface area contributed by atoms with Gasteiger partial charge in [-0.15, -0.1) is 0 Å². The van der Waals surface area contributed by atoms with Crippen LogP contribution in [0.2, 0.25) is 0 Å². The van der Waals surface area contributed by atoms with Crippen molar-refractivity contribution in [1.29, 1.82) is 0 Å². The third-order valence-electron chi connectivity index (χ3n) is 5.80. The quantitative estimate of drug-likeness (QED) is 0.751. The molecule has 1 N–H and O–H groups in total. The van der Waals surface area contributed by atoms with Crippen molar-refractivity contribution in [2.75, 3.05) is 26.7 Å². The number of aliphatic hydroxyl groups excluding tert-OH is 1. The van der Waals surface area contributed by atoms with Crippen molar-refractivity contribution in [3.05, 3.63) is 59.3 Å². The predicted octanol–water partition coefficient (Wildman–Crippen LogP) is 2.95. The van der Waals surface area contributed by atoms with Crippen molar-refractivity contribution >= 4 is 24.0 Å². The number of carbonyl (C=O) groups excluding carboxylic acids is 2. The first-order valence-corrected chi connectivity index (χ1v) is 10.8. The van der Waals surface area contributed by atoms with Gasteiger partial charge in [-0.3, -0.25) is 9.59 Å². The summed E-state index contributed by atoms with van der Waals surface area (Å²) in [5.41, 5.74) is 2.16. The number of amides is 2. The monoisotopic (exact) mass is 437 g/mol. The lowest BCUT2D eigenvalue weighted by Crippen LogP contribution is -2.50. The molecule has 0 fully saturated rings. The molecule has 32 heavy (non-hydrogen) atoms. The third-order valence-corrected chi connectivity index (χ3v) is 5.80. The van der Waals surface area contributed by atoms with Crippen LogP contribution in [0.1, 0.15) is 42.3 Å². The van der Waals surface area contributed by atoms with Gasteiger partial charge < -0.3 is 19.6 Å². The first-order chi connectivity index (χ1) is 15.3. The average Bonchev–Trinajstić information content (AvgIpc) is 2.80. The molecule has 0 saturated heterocycles. The van der Waals surface area contributed by atoms with Gasteiger partial charge >= 0.3 is 0 Å². The van der Waals surface area contributed by atoms with Gasteiger partial charge in [0, 0.05) is 32.6 Å². The molecule has 3 rings (SSSR count). The fourth-order valence-corrected chi connectivity index (χ4v) is 3.58. The smallest absolute Gasteiger partial charge is 0.259 e. The van der Waals surface area contributed by atoms with Crippen molar-refractivity contribution in [1.82, 2.24) is 14.8 Å². The molecule has 2 heterocycles. The van der Waals surface area contributed by atoms with E-state index in [1.54, 1.807) is 29.1 Å². The Morgan fingerprint density at radius 2 is 2.00 bits per heavy atom. The average molecular weight is 438 g/mol. The van der Waals surface area contributed by atoms with E-state index in [-0.39, 0.29) is 42.4 Å². The normalized spacial score (nSPS) is 19.7. The minimum Gasteiger partial charge on any atom is -0.472 e. The topological polar surface area (TPSA) is 83.0 Å². The Morgan fingerprint density at radius 3 is 2.66 bits per heavy atom. The molecule has 2 amide bonds. The van der Waals surface area contributed by atoms with Crippen LogP contribution in [0.25, 0.3) is 12.2 Å². The van der Waals surface area contributed by atoms with E-state index >= 15 is 0 Å². The summed E-state index contributed by atoms with van der Waals surface area (Å²) in [6.45, 7) is 5.94. The number of aliphatic hydroxyl groups is 1. The summed E-state index contributed by atoms with van der Waals surface area (Å²) in [6, 6.07) is 11.3. The summed E-state index contributed by atoms with van der Waals surface area (Å²) in [6.07, 6.45) is 5.18. The first-order valence-electron chi connectivity index (χ1n) is 10.8. The number of fused-ring (bicyclic) bond motifs is 1. The zero-order valence-electron chi connectivity index (χ0n) is 19.1. The molecule has 170 valence electrons. The largest absolute Gasteiger partial charge is 0.472 e. The van der Waals surface area contributed by atoms with E-state index in [9.17, 15) is 14.7 Å². The van der Waals surface area contributed by atoms with Crippen molar-refractivity contribution in [2.24, 2.45) is 5.92 Å². The van der Waals surface area contributed by atoms with Crippen LogP contribution in [0, 0.1) is 5.92 Å². The second-order valence-electron chi connectivity index (χ2n) is 8.39. The van der Waals surface area contributed by atoms with Crippen molar-refractivity contribution in [3.63, 3.8) is 0 Å².